The van der Waals surface area contributed by atoms with Crippen LogP contribution in [0.3, 0.4) is 0 Å². The highest BCUT2D eigenvalue weighted by molar-refractivity contribution is 5.72. The van der Waals surface area contributed by atoms with E-state index in [0.717, 1.165) is 11.3 Å². The number of anilines is 2. The van der Waals surface area contributed by atoms with Gasteiger partial charge in [0.25, 0.3) is 0 Å². The third-order valence-electron chi connectivity index (χ3n) is 2.95. The van der Waals surface area contributed by atoms with Crippen LogP contribution in [0.25, 0.3) is 0 Å². The molecule has 0 unspecified atom stereocenters. The Bertz CT molecular complexity index is 529. The lowest BCUT2D eigenvalue weighted by molar-refractivity contribution is 0.292. The van der Waals surface area contributed by atoms with E-state index in [1.165, 1.54) is 0 Å². The van der Waals surface area contributed by atoms with Crippen LogP contribution in [0.15, 0.2) is 48.5 Å². The van der Waals surface area contributed by atoms with Gasteiger partial charge >= 0.3 is 0 Å². The first-order chi connectivity index (χ1) is 9.81. The number of rotatable bonds is 7. The van der Waals surface area contributed by atoms with Crippen LogP contribution < -0.4 is 15.8 Å². The van der Waals surface area contributed by atoms with E-state index in [1.807, 2.05) is 48.5 Å². The van der Waals surface area contributed by atoms with Crippen LogP contribution in [0.2, 0.25) is 0 Å². The van der Waals surface area contributed by atoms with Crippen molar-refractivity contribution in [2.75, 3.05) is 24.2 Å². The number of hydrogen-bond donors (Lipinski definition) is 3. The molecule has 0 saturated heterocycles. The third kappa shape index (κ3) is 3.90. The minimum Gasteiger partial charge on any atom is -0.487 e. The summed E-state index contributed by atoms with van der Waals surface area (Å²) in [7, 11) is 0. The standard InChI is InChI=1S/C16H20N2O2/c17-16-14(18-10-5-11-19)8-4-9-15(16)20-12-13-6-2-1-3-7-13/h1-4,6-9,18-19H,5,10-12,17H2. The zero-order valence-electron chi connectivity index (χ0n) is 11.4. The summed E-state index contributed by atoms with van der Waals surface area (Å²) in [4.78, 5) is 0. The summed E-state index contributed by atoms with van der Waals surface area (Å²) in [6, 6.07) is 15.6. The first kappa shape index (κ1) is 14.2. The molecular weight excluding hydrogens is 252 g/mol. The van der Waals surface area contributed by atoms with Gasteiger partial charge in [0.2, 0.25) is 0 Å². The molecule has 0 radical (unpaired) electrons. The Morgan fingerprint density at radius 3 is 2.60 bits per heavy atom. The van der Waals surface area contributed by atoms with Crippen molar-refractivity contribution in [1.29, 1.82) is 0 Å². The number of aliphatic hydroxyl groups excluding tert-OH is 1. The maximum atomic E-state index is 8.78. The molecule has 0 bridgehead atoms. The molecule has 0 fully saturated rings. The first-order valence-electron chi connectivity index (χ1n) is 6.71. The molecule has 0 atom stereocenters. The Kier molecular flexibility index (Phi) is 5.26. The van der Waals surface area contributed by atoms with E-state index >= 15 is 0 Å². The normalized spacial score (nSPS) is 10.2. The summed E-state index contributed by atoms with van der Waals surface area (Å²) in [5, 5.41) is 12.0. The van der Waals surface area contributed by atoms with Gasteiger partial charge < -0.3 is 20.9 Å². The minimum atomic E-state index is 0.164. The van der Waals surface area contributed by atoms with Crippen LogP contribution in [0, 0.1) is 0 Å². The third-order valence-corrected chi connectivity index (χ3v) is 2.95. The monoisotopic (exact) mass is 272 g/mol. The molecule has 0 aliphatic rings. The highest BCUT2D eigenvalue weighted by Crippen LogP contribution is 2.29. The quantitative estimate of drug-likeness (QED) is 0.535. The number of para-hydroxylation sites is 1. The molecule has 2 aromatic carbocycles. The molecule has 0 aromatic heterocycles. The molecule has 20 heavy (non-hydrogen) atoms. The van der Waals surface area contributed by atoms with Gasteiger partial charge in [-0.15, -0.1) is 0 Å². The molecule has 2 aromatic rings. The smallest absolute Gasteiger partial charge is 0.144 e. The van der Waals surface area contributed by atoms with Crippen LogP contribution >= 0.6 is 0 Å². The van der Waals surface area contributed by atoms with E-state index in [-0.39, 0.29) is 6.61 Å². The molecule has 4 N–H and O–H groups in total. The first-order valence-corrected chi connectivity index (χ1v) is 6.71. The Morgan fingerprint density at radius 2 is 1.85 bits per heavy atom. The molecule has 4 nitrogen and oxygen atoms in total. The molecule has 106 valence electrons. The summed E-state index contributed by atoms with van der Waals surface area (Å²) >= 11 is 0. The Balaban J connectivity index is 1.99. The number of benzene rings is 2. The van der Waals surface area contributed by atoms with Crippen molar-refractivity contribution in [3.05, 3.63) is 54.1 Å². The molecule has 0 aliphatic carbocycles. The van der Waals surface area contributed by atoms with Gasteiger partial charge in [-0.05, 0) is 24.1 Å². The van der Waals surface area contributed by atoms with Crippen LogP contribution in [0.5, 0.6) is 5.75 Å². The summed E-state index contributed by atoms with van der Waals surface area (Å²) < 4.78 is 5.76. The van der Waals surface area contributed by atoms with Crippen molar-refractivity contribution in [3.8, 4) is 5.75 Å². The average molecular weight is 272 g/mol. The van der Waals surface area contributed by atoms with Crippen molar-refractivity contribution >= 4 is 11.4 Å². The summed E-state index contributed by atoms with van der Waals surface area (Å²) in [5.41, 5.74) is 8.62. The van der Waals surface area contributed by atoms with Crippen molar-refractivity contribution in [2.45, 2.75) is 13.0 Å². The predicted octanol–water partition coefficient (Wildman–Crippen LogP) is 2.64. The van der Waals surface area contributed by atoms with E-state index in [2.05, 4.69) is 5.32 Å². The van der Waals surface area contributed by atoms with Crippen molar-refractivity contribution < 1.29 is 9.84 Å². The maximum Gasteiger partial charge on any atom is 0.144 e. The zero-order valence-corrected chi connectivity index (χ0v) is 11.4. The van der Waals surface area contributed by atoms with Gasteiger partial charge in [-0.25, -0.2) is 0 Å². The molecule has 4 heteroatoms. The van der Waals surface area contributed by atoms with Gasteiger partial charge in [-0.2, -0.15) is 0 Å². The lowest BCUT2D eigenvalue weighted by Gasteiger charge is -2.13. The maximum absolute atomic E-state index is 8.78. The Hall–Kier alpha value is -2.20. The lowest BCUT2D eigenvalue weighted by atomic mass is 10.2. The molecule has 0 heterocycles. The van der Waals surface area contributed by atoms with Crippen LogP contribution in [-0.2, 0) is 6.61 Å². The fourth-order valence-electron chi connectivity index (χ4n) is 1.86. The van der Waals surface area contributed by atoms with Gasteiger partial charge in [-0.1, -0.05) is 36.4 Å². The van der Waals surface area contributed by atoms with Gasteiger partial charge in [-0.3, -0.25) is 0 Å². The summed E-state index contributed by atoms with van der Waals surface area (Å²) in [5.74, 6) is 0.669. The Labute approximate surface area is 119 Å². The van der Waals surface area contributed by atoms with Gasteiger partial charge in [0.1, 0.15) is 12.4 Å². The van der Waals surface area contributed by atoms with Crippen molar-refractivity contribution in [1.82, 2.24) is 0 Å². The largest absolute Gasteiger partial charge is 0.487 e. The zero-order chi connectivity index (χ0) is 14.2. The van der Waals surface area contributed by atoms with Crippen LogP contribution in [0.1, 0.15) is 12.0 Å². The number of nitrogens with one attached hydrogen (secondary N) is 1. The second-order valence-corrected chi connectivity index (χ2v) is 4.50. The highest BCUT2D eigenvalue weighted by atomic mass is 16.5. The second-order valence-electron chi connectivity index (χ2n) is 4.50. The average Bonchev–Trinajstić information content (AvgIpc) is 2.49. The number of ether oxygens (including phenoxy) is 1. The highest BCUT2D eigenvalue weighted by Gasteiger charge is 2.05. The van der Waals surface area contributed by atoms with Crippen LogP contribution in [-0.4, -0.2) is 18.3 Å². The van der Waals surface area contributed by atoms with Crippen molar-refractivity contribution in [3.63, 3.8) is 0 Å². The SMILES string of the molecule is Nc1c(NCCCO)cccc1OCc1ccccc1. The van der Waals surface area contributed by atoms with Gasteiger partial charge in [0.15, 0.2) is 0 Å². The van der Waals surface area contributed by atoms with Gasteiger partial charge in [0.05, 0.1) is 11.4 Å². The van der Waals surface area contributed by atoms with Gasteiger partial charge in [0, 0.05) is 13.2 Å². The fraction of sp³-hybridized carbons (Fsp3) is 0.250. The molecule has 0 amide bonds. The molecular formula is C16H20N2O2. The molecule has 2 rings (SSSR count). The number of nitrogens with two attached hydrogens (primary N) is 1. The minimum absolute atomic E-state index is 0.164. The molecule has 0 aliphatic heterocycles. The Morgan fingerprint density at radius 1 is 1.05 bits per heavy atom. The lowest BCUT2D eigenvalue weighted by Crippen LogP contribution is -2.07. The summed E-state index contributed by atoms with van der Waals surface area (Å²) in [6.07, 6.45) is 0.689. The molecule has 0 saturated carbocycles. The van der Waals surface area contributed by atoms with E-state index in [0.29, 0.717) is 31.0 Å². The van der Waals surface area contributed by atoms with E-state index in [9.17, 15) is 0 Å². The topological polar surface area (TPSA) is 67.5 Å². The number of hydrogen-bond acceptors (Lipinski definition) is 4. The fourth-order valence-corrected chi connectivity index (χ4v) is 1.86. The van der Waals surface area contributed by atoms with E-state index in [1.54, 1.807) is 0 Å². The molecule has 0 spiro atoms. The summed E-state index contributed by atoms with van der Waals surface area (Å²) in [6.45, 7) is 1.34. The number of aliphatic hydroxyl groups is 1. The second kappa shape index (κ2) is 7.40. The van der Waals surface area contributed by atoms with E-state index in [4.69, 9.17) is 15.6 Å². The van der Waals surface area contributed by atoms with Crippen LogP contribution in [0.4, 0.5) is 11.4 Å². The van der Waals surface area contributed by atoms with E-state index < -0.39 is 0 Å². The predicted molar refractivity (Wildman–Crippen MR) is 81.8 cm³/mol. The van der Waals surface area contributed by atoms with Crippen molar-refractivity contribution in [2.24, 2.45) is 0 Å². The number of nitrogen functional groups attached to an aromatic ring is 1.